The molecule has 6 heteroatoms. The molecule has 4 rings (SSSR count). The Morgan fingerprint density at radius 2 is 2.13 bits per heavy atom. The van der Waals surface area contributed by atoms with Crippen LogP contribution < -0.4 is 9.47 Å². The van der Waals surface area contributed by atoms with Crippen molar-refractivity contribution >= 4 is 17.2 Å². The molecule has 1 aliphatic heterocycles. The second-order valence-electron chi connectivity index (χ2n) is 8.05. The number of hydrogen-bond acceptors (Lipinski definition) is 5. The van der Waals surface area contributed by atoms with Crippen LogP contribution in [0.25, 0.3) is 0 Å². The Balaban J connectivity index is 1.49. The van der Waals surface area contributed by atoms with Gasteiger partial charge in [-0.25, -0.2) is 0 Å². The maximum Gasteiger partial charge on any atom is 0.236 e. The summed E-state index contributed by atoms with van der Waals surface area (Å²) >= 11 is 1.66. The van der Waals surface area contributed by atoms with Crippen molar-refractivity contribution in [3.63, 3.8) is 0 Å². The van der Waals surface area contributed by atoms with E-state index in [0.717, 1.165) is 28.2 Å². The molecule has 0 saturated carbocycles. The highest BCUT2D eigenvalue weighted by Gasteiger charge is 2.26. The smallest absolute Gasteiger partial charge is 0.236 e. The van der Waals surface area contributed by atoms with Gasteiger partial charge < -0.3 is 14.4 Å². The summed E-state index contributed by atoms with van der Waals surface area (Å²) in [5.41, 5.74) is 4.52. The van der Waals surface area contributed by atoms with Crippen LogP contribution in [0, 0.1) is 6.92 Å². The van der Waals surface area contributed by atoms with E-state index in [0.29, 0.717) is 26.2 Å². The van der Waals surface area contributed by atoms with Crippen LogP contribution in [0.2, 0.25) is 0 Å². The quantitative estimate of drug-likeness (QED) is 0.564. The first-order valence-corrected chi connectivity index (χ1v) is 11.3. The third kappa shape index (κ3) is 5.27. The maximum atomic E-state index is 13.1. The lowest BCUT2D eigenvalue weighted by molar-refractivity contribution is -0.132. The molecule has 162 valence electrons. The van der Waals surface area contributed by atoms with E-state index < -0.39 is 0 Å². The molecule has 5 nitrogen and oxygen atoms in total. The van der Waals surface area contributed by atoms with Gasteiger partial charge in [0.15, 0.2) is 0 Å². The van der Waals surface area contributed by atoms with E-state index in [4.69, 9.17) is 9.47 Å². The van der Waals surface area contributed by atoms with Gasteiger partial charge in [0.25, 0.3) is 0 Å². The average Bonchev–Trinajstić information content (AvgIpc) is 3.23. The molecule has 2 heterocycles. The minimum Gasteiger partial charge on any atom is -0.497 e. The first-order chi connectivity index (χ1) is 15.0. The van der Waals surface area contributed by atoms with Gasteiger partial charge in [0.2, 0.25) is 5.91 Å². The van der Waals surface area contributed by atoms with Gasteiger partial charge in [0.05, 0.1) is 13.7 Å². The van der Waals surface area contributed by atoms with E-state index in [2.05, 4.69) is 40.8 Å². The molecule has 1 amide bonds. The lowest BCUT2D eigenvalue weighted by Crippen LogP contribution is -2.39. The number of methoxy groups -OCH3 is 1. The van der Waals surface area contributed by atoms with E-state index in [1.807, 2.05) is 37.4 Å². The van der Waals surface area contributed by atoms with Gasteiger partial charge in [0, 0.05) is 37.8 Å². The summed E-state index contributed by atoms with van der Waals surface area (Å²) in [5.74, 6) is 1.79. The molecule has 0 radical (unpaired) electrons. The van der Waals surface area contributed by atoms with Crippen LogP contribution in [0.4, 0.5) is 0 Å². The van der Waals surface area contributed by atoms with Crippen molar-refractivity contribution in [1.29, 1.82) is 0 Å². The van der Waals surface area contributed by atoms with Crippen molar-refractivity contribution in [2.24, 2.45) is 0 Å². The standard InChI is InChI=1S/C25H28N2O3S/c1-18-7-8-23-21(11-18)14-27(15-24(30-23)20-9-10-31-17-20)16-25(28)26(2)13-19-5-4-6-22(12-19)29-3/h4-12,17,24H,13-16H2,1-3H3. The van der Waals surface area contributed by atoms with Crippen LogP contribution in [-0.2, 0) is 17.9 Å². The van der Waals surface area contributed by atoms with Crippen LogP contribution in [-0.4, -0.2) is 43.0 Å². The molecule has 31 heavy (non-hydrogen) atoms. The Hall–Kier alpha value is -2.83. The van der Waals surface area contributed by atoms with Crippen molar-refractivity contribution < 1.29 is 14.3 Å². The molecule has 2 aromatic carbocycles. The highest BCUT2D eigenvalue weighted by molar-refractivity contribution is 7.07. The maximum absolute atomic E-state index is 13.1. The number of ether oxygens (including phenoxy) is 2. The van der Waals surface area contributed by atoms with Crippen molar-refractivity contribution in [1.82, 2.24) is 9.80 Å². The number of benzene rings is 2. The predicted molar refractivity (Wildman–Crippen MR) is 124 cm³/mol. The van der Waals surface area contributed by atoms with E-state index in [-0.39, 0.29) is 12.0 Å². The van der Waals surface area contributed by atoms with Crippen LogP contribution in [0.15, 0.2) is 59.3 Å². The first-order valence-electron chi connectivity index (χ1n) is 10.4. The van der Waals surface area contributed by atoms with Crippen LogP contribution in [0.1, 0.15) is 28.4 Å². The number of hydrogen-bond donors (Lipinski definition) is 0. The van der Waals surface area contributed by atoms with E-state index >= 15 is 0 Å². The molecule has 0 bridgehead atoms. The van der Waals surface area contributed by atoms with Gasteiger partial charge in [-0.1, -0.05) is 29.8 Å². The Morgan fingerprint density at radius 3 is 2.90 bits per heavy atom. The number of aryl methyl sites for hydroxylation is 1. The molecule has 1 unspecified atom stereocenters. The number of rotatable bonds is 6. The summed E-state index contributed by atoms with van der Waals surface area (Å²) in [7, 11) is 3.50. The second-order valence-corrected chi connectivity index (χ2v) is 8.83. The zero-order valence-corrected chi connectivity index (χ0v) is 19.0. The number of nitrogens with zero attached hydrogens (tertiary/aromatic N) is 2. The molecular weight excluding hydrogens is 408 g/mol. The Kier molecular flexibility index (Phi) is 6.59. The van der Waals surface area contributed by atoms with Gasteiger partial charge in [-0.05, 0) is 47.5 Å². The fourth-order valence-electron chi connectivity index (χ4n) is 3.87. The van der Waals surface area contributed by atoms with Crippen LogP contribution in [0.3, 0.4) is 0 Å². The number of fused-ring (bicyclic) bond motifs is 1. The molecule has 3 aromatic rings. The molecule has 0 saturated heterocycles. The summed E-state index contributed by atoms with van der Waals surface area (Å²) < 4.78 is 11.7. The van der Waals surface area contributed by atoms with Crippen molar-refractivity contribution in [3.05, 3.63) is 81.5 Å². The van der Waals surface area contributed by atoms with Crippen LogP contribution in [0.5, 0.6) is 11.5 Å². The number of carbonyl (C=O) groups is 1. The fourth-order valence-corrected chi connectivity index (χ4v) is 4.58. The molecule has 1 aromatic heterocycles. The van der Waals surface area contributed by atoms with Gasteiger partial charge in [-0.2, -0.15) is 11.3 Å². The Labute approximate surface area is 187 Å². The SMILES string of the molecule is COc1cccc(CN(C)C(=O)CN2Cc3cc(C)ccc3OC(c3ccsc3)C2)c1. The first kappa shape index (κ1) is 21.4. The van der Waals surface area contributed by atoms with E-state index in [1.54, 1.807) is 23.3 Å². The summed E-state index contributed by atoms with van der Waals surface area (Å²) in [6.07, 6.45) is -0.0910. The molecule has 1 atom stereocenters. The zero-order valence-electron chi connectivity index (χ0n) is 18.2. The topological polar surface area (TPSA) is 42.0 Å². The van der Waals surface area contributed by atoms with Gasteiger partial charge in [-0.3, -0.25) is 9.69 Å². The lowest BCUT2D eigenvalue weighted by Gasteiger charge is -2.26. The highest BCUT2D eigenvalue weighted by atomic mass is 32.1. The fraction of sp³-hybridized carbons (Fsp3) is 0.320. The monoisotopic (exact) mass is 436 g/mol. The third-order valence-corrected chi connectivity index (χ3v) is 6.26. The summed E-state index contributed by atoms with van der Waals surface area (Å²) in [6, 6.07) is 16.2. The molecular formula is C25H28N2O3S. The van der Waals surface area contributed by atoms with E-state index in [1.165, 1.54) is 5.56 Å². The Bertz CT molecular complexity index is 1040. The molecule has 0 aliphatic carbocycles. The third-order valence-electron chi connectivity index (χ3n) is 5.56. The van der Waals surface area contributed by atoms with Gasteiger partial charge in [-0.15, -0.1) is 0 Å². The van der Waals surface area contributed by atoms with Crippen LogP contribution >= 0.6 is 11.3 Å². The van der Waals surface area contributed by atoms with Gasteiger partial charge >= 0.3 is 0 Å². The number of carbonyl (C=O) groups excluding carboxylic acids is 1. The largest absolute Gasteiger partial charge is 0.497 e. The Morgan fingerprint density at radius 1 is 1.26 bits per heavy atom. The summed E-state index contributed by atoms with van der Waals surface area (Å²) in [6.45, 7) is 4.33. The van der Waals surface area contributed by atoms with Crippen molar-refractivity contribution in [2.75, 3.05) is 27.2 Å². The average molecular weight is 437 g/mol. The minimum atomic E-state index is -0.0910. The molecule has 1 aliphatic rings. The van der Waals surface area contributed by atoms with Crippen molar-refractivity contribution in [3.8, 4) is 11.5 Å². The predicted octanol–water partition coefficient (Wildman–Crippen LogP) is 4.66. The normalized spacial score (nSPS) is 16.2. The van der Waals surface area contributed by atoms with Crippen molar-refractivity contribution in [2.45, 2.75) is 26.1 Å². The molecule has 0 spiro atoms. The summed E-state index contributed by atoms with van der Waals surface area (Å²) in [4.78, 5) is 17.0. The minimum absolute atomic E-state index is 0.0861. The highest BCUT2D eigenvalue weighted by Crippen LogP contribution is 2.32. The number of likely N-dealkylation sites (N-methyl/N-ethyl adjacent to an activating group) is 1. The molecule has 0 fully saturated rings. The van der Waals surface area contributed by atoms with E-state index in [9.17, 15) is 4.79 Å². The van der Waals surface area contributed by atoms with Gasteiger partial charge in [0.1, 0.15) is 17.6 Å². The molecule has 0 N–H and O–H groups in total. The number of amides is 1. The second kappa shape index (κ2) is 9.54. The summed E-state index contributed by atoms with van der Waals surface area (Å²) in [5, 5.41) is 4.19. The lowest BCUT2D eigenvalue weighted by atomic mass is 10.1. The number of thiophene rings is 1. The zero-order chi connectivity index (χ0) is 21.8.